The molecule has 0 saturated heterocycles. The van der Waals surface area contributed by atoms with E-state index in [0.29, 0.717) is 23.3 Å². The van der Waals surface area contributed by atoms with Crippen molar-refractivity contribution in [3.8, 4) is 12.3 Å². The fraction of sp³-hybridized carbons (Fsp3) is 0.519. The maximum atomic E-state index is 13.8. The van der Waals surface area contributed by atoms with Gasteiger partial charge in [-0.05, 0) is 77.7 Å². The molecule has 0 aromatic heterocycles. The summed E-state index contributed by atoms with van der Waals surface area (Å²) in [6.07, 6.45) is 8.65. The lowest BCUT2D eigenvalue weighted by molar-refractivity contribution is -0.142. The largest absolute Gasteiger partial charge is 0.444 e. The number of alkyl carbamates (subject to hydrolysis) is 1. The molecular weight excluding hydrogens is 462 g/mol. The number of nitrogens with one attached hydrogen (secondary N) is 2. The lowest BCUT2D eigenvalue weighted by atomic mass is 9.99. The number of carbonyl (C=O) groups excluding carboxylic acids is 3. The highest BCUT2D eigenvalue weighted by atomic mass is 32.2. The highest BCUT2D eigenvalue weighted by Crippen LogP contribution is 2.25. The first-order chi connectivity index (χ1) is 16.2. The maximum absolute atomic E-state index is 13.8. The number of benzene rings is 1. The van der Waals surface area contributed by atoms with Crippen molar-refractivity contribution in [2.45, 2.75) is 71.2 Å². The molecule has 35 heavy (non-hydrogen) atoms. The van der Waals surface area contributed by atoms with Crippen LogP contribution >= 0.6 is 11.8 Å². The molecule has 2 unspecified atom stereocenters. The van der Waals surface area contributed by atoms with Crippen LogP contribution in [0, 0.1) is 12.3 Å². The molecule has 0 spiro atoms. The molecule has 7 nitrogen and oxygen atoms in total. The highest BCUT2D eigenvalue weighted by Gasteiger charge is 2.36. The molecule has 0 aliphatic heterocycles. The van der Waals surface area contributed by atoms with Gasteiger partial charge in [-0.3, -0.25) is 9.59 Å². The van der Waals surface area contributed by atoms with Crippen LogP contribution < -0.4 is 10.6 Å². The van der Waals surface area contributed by atoms with Gasteiger partial charge < -0.3 is 20.3 Å². The summed E-state index contributed by atoms with van der Waals surface area (Å²) in [5.41, 5.74) is 0.0206. The molecule has 1 aromatic rings. The molecule has 3 amide bonds. The summed E-state index contributed by atoms with van der Waals surface area (Å²) >= 11 is 1.55. The Labute approximate surface area is 214 Å². The van der Waals surface area contributed by atoms with Gasteiger partial charge in [0.05, 0.1) is 0 Å². The fourth-order valence-corrected chi connectivity index (χ4v) is 3.75. The van der Waals surface area contributed by atoms with Gasteiger partial charge in [0.15, 0.2) is 0 Å². The Kier molecular flexibility index (Phi) is 11.4. The third-order valence-corrected chi connectivity index (χ3v) is 5.30. The van der Waals surface area contributed by atoms with Crippen molar-refractivity contribution in [2.24, 2.45) is 0 Å². The quantitative estimate of drug-likeness (QED) is 0.369. The van der Waals surface area contributed by atoms with Crippen LogP contribution in [0.4, 0.5) is 4.79 Å². The number of terminal acetylenes is 1. The van der Waals surface area contributed by atoms with Crippen molar-refractivity contribution >= 4 is 29.7 Å². The third kappa shape index (κ3) is 10.5. The zero-order chi connectivity index (χ0) is 26.8. The van der Waals surface area contributed by atoms with Crippen molar-refractivity contribution in [3.63, 3.8) is 0 Å². The van der Waals surface area contributed by atoms with Crippen molar-refractivity contribution in [1.29, 1.82) is 0 Å². The standard InChI is InChI=1S/C27H39N3O4S/c1-10-17-30(24(32)21(16-18-35-9)28-25(33)34-27(6,7)8)22(23(31)29-26(3,4)5)20-14-12-19(11-2)13-15-20/h2,10,12-15,21-22H,1,16-18H2,3-9H3,(H,28,33)(H,29,31). The van der Waals surface area contributed by atoms with E-state index < -0.39 is 35.2 Å². The first kappa shape index (κ1) is 30.1. The number of rotatable bonds is 10. The van der Waals surface area contributed by atoms with Crippen LogP contribution in [0.3, 0.4) is 0 Å². The molecule has 0 fully saturated rings. The average molecular weight is 502 g/mol. The maximum Gasteiger partial charge on any atom is 0.408 e. The summed E-state index contributed by atoms with van der Waals surface area (Å²) in [5.74, 6) is 2.44. The molecule has 8 heteroatoms. The zero-order valence-corrected chi connectivity index (χ0v) is 22.8. The molecule has 2 atom stereocenters. The molecule has 2 N–H and O–H groups in total. The molecule has 0 radical (unpaired) electrons. The van der Waals surface area contributed by atoms with E-state index in [1.165, 1.54) is 4.90 Å². The number of ether oxygens (including phenoxy) is 1. The Hall–Kier alpha value is -2.92. The number of hydrogen-bond donors (Lipinski definition) is 2. The van der Waals surface area contributed by atoms with E-state index in [1.807, 2.05) is 27.0 Å². The summed E-state index contributed by atoms with van der Waals surface area (Å²) in [4.78, 5) is 41.3. The van der Waals surface area contributed by atoms with Crippen LogP contribution in [0.1, 0.15) is 65.1 Å². The molecular formula is C27H39N3O4S. The number of hydrogen-bond acceptors (Lipinski definition) is 5. The van der Waals surface area contributed by atoms with Crippen molar-refractivity contribution in [3.05, 3.63) is 48.0 Å². The molecule has 0 saturated carbocycles. The SMILES string of the molecule is C#Cc1ccc(C(C(=O)NC(C)(C)C)N(CC=C)C(=O)C(CCSC)NC(=O)OC(C)(C)C)cc1. The number of carbonyl (C=O) groups is 3. The predicted molar refractivity (Wildman–Crippen MR) is 143 cm³/mol. The van der Waals surface area contributed by atoms with Gasteiger partial charge in [0.2, 0.25) is 11.8 Å². The molecule has 0 bridgehead atoms. The van der Waals surface area contributed by atoms with Crippen LogP contribution in [0.25, 0.3) is 0 Å². The Morgan fingerprint density at radius 2 is 1.77 bits per heavy atom. The number of thioether (sulfide) groups is 1. The van der Waals surface area contributed by atoms with Gasteiger partial charge in [-0.2, -0.15) is 11.8 Å². The van der Waals surface area contributed by atoms with E-state index in [4.69, 9.17) is 11.2 Å². The summed E-state index contributed by atoms with van der Waals surface area (Å²) < 4.78 is 5.38. The Bertz CT molecular complexity index is 924. The zero-order valence-electron chi connectivity index (χ0n) is 21.9. The van der Waals surface area contributed by atoms with Gasteiger partial charge in [-0.1, -0.05) is 24.1 Å². The number of nitrogens with zero attached hydrogens (tertiary/aromatic N) is 1. The first-order valence-electron chi connectivity index (χ1n) is 11.5. The van der Waals surface area contributed by atoms with Crippen molar-refractivity contribution in [1.82, 2.24) is 15.5 Å². The first-order valence-corrected chi connectivity index (χ1v) is 12.9. The topological polar surface area (TPSA) is 87.7 Å². The van der Waals surface area contributed by atoms with Gasteiger partial charge >= 0.3 is 6.09 Å². The van der Waals surface area contributed by atoms with Gasteiger partial charge in [-0.15, -0.1) is 13.0 Å². The van der Waals surface area contributed by atoms with Crippen LogP contribution in [-0.4, -0.2) is 58.5 Å². The van der Waals surface area contributed by atoms with E-state index >= 15 is 0 Å². The molecule has 0 aliphatic rings. The Morgan fingerprint density at radius 1 is 1.17 bits per heavy atom. The molecule has 192 valence electrons. The Morgan fingerprint density at radius 3 is 2.23 bits per heavy atom. The summed E-state index contributed by atoms with van der Waals surface area (Å²) in [6.45, 7) is 14.7. The lowest BCUT2D eigenvalue weighted by Crippen LogP contribution is -2.54. The lowest BCUT2D eigenvalue weighted by Gasteiger charge is -2.35. The third-order valence-electron chi connectivity index (χ3n) is 4.66. The van der Waals surface area contributed by atoms with Crippen molar-refractivity contribution < 1.29 is 19.1 Å². The van der Waals surface area contributed by atoms with Crippen LogP contribution in [0.2, 0.25) is 0 Å². The van der Waals surface area contributed by atoms with E-state index in [-0.39, 0.29) is 12.5 Å². The van der Waals surface area contributed by atoms with E-state index in [9.17, 15) is 14.4 Å². The predicted octanol–water partition coefficient (Wildman–Crippen LogP) is 4.28. The fourth-order valence-electron chi connectivity index (χ4n) is 3.28. The summed E-state index contributed by atoms with van der Waals surface area (Å²) in [7, 11) is 0. The van der Waals surface area contributed by atoms with E-state index in [1.54, 1.807) is 62.9 Å². The second-order valence-electron chi connectivity index (χ2n) is 10.2. The van der Waals surface area contributed by atoms with Gasteiger partial charge in [0.1, 0.15) is 17.7 Å². The van der Waals surface area contributed by atoms with E-state index in [0.717, 1.165) is 0 Å². The van der Waals surface area contributed by atoms with Gasteiger partial charge in [0, 0.05) is 17.6 Å². The van der Waals surface area contributed by atoms with Crippen LogP contribution in [0.15, 0.2) is 36.9 Å². The second kappa shape index (κ2) is 13.2. The minimum absolute atomic E-state index is 0.101. The van der Waals surface area contributed by atoms with Gasteiger partial charge in [-0.25, -0.2) is 4.79 Å². The monoisotopic (exact) mass is 501 g/mol. The summed E-state index contributed by atoms with van der Waals surface area (Å²) in [5, 5.41) is 5.67. The molecule has 0 aliphatic carbocycles. The second-order valence-corrected chi connectivity index (χ2v) is 11.2. The average Bonchev–Trinajstić information content (AvgIpc) is 2.73. The minimum Gasteiger partial charge on any atom is -0.444 e. The number of amides is 3. The van der Waals surface area contributed by atoms with Crippen molar-refractivity contribution in [2.75, 3.05) is 18.6 Å². The molecule has 1 rings (SSSR count). The minimum atomic E-state index is -0.955. The van der Waals surface area contributed by atoms with Crippen LogP contribution in [-0.2, 0) is 14.3 Å². The highest BCUT2D eigenvalue weighted by molar-refractivity contribution is 7.98. The Balaban J connectivity index is 3.46. The van der Waals surface area contributed by atoms with E-state index in [2.05, 4.69) is 23.1 Å². The van der Waals surface area contributed by atoms with Gasteiger partial charge in [0.25, 0.3) is 0 Å². The molecule has 1 aromatic carbocycles. The molecule has 0 heterocycles. The van der Waals surface area contributed by atoms with Crippen LogP contribution in [0.5, 0.6) is 0 Å². The normalized spacial score (nSPS) is 13.1. The summed E-state index contributed by atoms with van der Waals surface area (Å²) in [6, 6.07) is 5.10. The smallest absolute Gasteiger partial charge is 0.408 e.